The molecule has 2 aromatic rings. The van der Waals surface area contributed by atoms with Gasteiger partial charge in [0.1, 0.15) is 5.76 Å². The zero-order chi connectivity index (χ0) is 9.26. The van der Waals surface area contributed by atoms with E-state index in [1.165, 1.54) is 18.4 Å². The summed E-state index contributed by atoms with van der Waals surface area (Å²) >= 11 is 0. The monoisotopic (exact) mass is 178 g/mol. The van der Waals surface area contributed by atoms with Gasteiger partial charge in [0, 0.05) is 5.56 Å². The quantitative estimate of drug-likeness (QED) is 0.728. The number of furan rings is 1. The molecule has 3 heteroatoms. The number of phenolic OH excluding ortho intramolecular Hbond substituents is 1. The maximum absolute atomic E-state index is 12.7. The molecule has 0 radical (unpaired) electrons. The van der Waals surface area contributed by atoms with Crippen LogP contribution in [-0.4, -0.2) is 5.11 Å². The van der Waals surface area contributed by atoms with E-state index in [9.17, 15) is 4.39 Å². The third-order valence-electron chi connectivity index (χ3n) is 1.75. The molecule has 0 amide bonds. The second kappa shape index (κ2) is 2.94. The van der Waals surface area contributed by atoms with E-state index in [4.69, 9.17) is 9.52 Å². The van der Waals surface area contributed by atoms with Crippen molar-refractivity contribution in [3.05, 3.63) is 42.4 Å². The fraction of sp³-hybridized carbons (Fsp3) is 0. The summed E-state index contributed by atoms with van der Waals surface area (Å²) in [7, 11) is 0. The van der Waals surface area contributed by atoms with Gasteiger partial charge in [0.15, 0.2) is 11.6 Å². The van der Waals surface area contributed by atoms with Crippen LogP contribution in [0.25, 0.3) is 11.3 Å². The van der Waals surface area contributed by atoms with E-state index in [2.05, 4.69) is 0 Å². The molecule has 0 saturated carbocycles. The number of phenols is 1. The summed E-state index contributed by atoms with van der Waals surface area (Å²) in [6.45, 7) is 0. The van der Waals surface area contributed by atoms with Gasteiger partial charge in [-0.1, -0.05) is 0 Å². The number of hydrogen-bond acceptors (Lipinski definition) is 2. The second-order valence-electron chi connectivity index (χ2n) is 2.64. The molecule has 2 nitrogen and oxygen atoms in total. The normalized spacial score (nSPS) is 10.2. The first-order valence-corrected chi connectivity index (χ1v) is 3.80. The van der Waals surface area contributed by atoms with Crippen molar-refractivity contribution in [2.24, 2.45) is 0 Å². The van der Waals surface area contributed by atoms with Crippen molar-refractivity contribution in [1.82, 2.24) is 0 Å². The number of aromatic hydroxyl groups is 1. The van der Waals surface area contributed by atoms with Crippen LogP contribution in [0.15, 0.2) is 41.0 Å². The predicted octanol–water partition coefficient (Wildman–Crippen LogP) is 2.79. The molecule has 1 N–H and O–H groups in total. The van der Waals surface area contributed by atoms with Crippen molar-refractivity contribution >= 4 is 0 Å². The molecule has 0 aliphatic carbocycles. The number of benzene rings is 1. The Morgan fingerprint density at radius 3 is 2.69 bits per heavy atom. The Hall–Kier alpha value is -1.77. The predicted molar refractivity (Wildman–Crippen MR) is 45.8 cm³/mol. The topological polar surface area (TPSA) is 33.4 Å². The Balaban J connectivity index is 2.49. The van der Waals surface area contributed by atoms with Gasteiger partial charge in [-0.15, -0.1) is 0 Å². The Labute approximate surface area is 74.2 Å². The Kier molecular flexibility index (Phi) is 1.77. The van der Waals surface area contributed by atoms with Gasteiger partial charge < -0.3 is 9.52 Å². The molecule has 1 aromatic heterocycles. The van der Waals surface area contributed by atoms with Gasteiger partial charge >= 0.3 is 0 Å². The third-order valence-corrected chi connectivity index (χ3v) is 1.75. The molecule has 1 heterocycles. The van der Waals surface area contributed by atoms with Crippen molar-refractivity contribution in [3.63, 3.8) is 0 Å². The van der Waals surface area contributed by atoms with E-state index in [0.29, 0.717) is 11.3 Å². The van der Waals surface area contributed by atoms with Crippen molar-refractivity contribution in [2.45, 2.75) is 0 Å². The summed E-state index contributed by atoms with van der Waals surface area (Å²) in [5.41, 5.74) is 0.656. The summed E-state index contributed by atoms with van der Waals surface area (Å²) in [5, 5.41) is 9.08. The van der Waals surface area contributed by atoms with E-state index in [-0.39, 0.29) is 5.75 Å². The third kappa shape index (κ3) is 1.40. The highest BCUT2D eigenvalue weighted by molar-refractivity contribution is 5.59. The maximum atomic E-state index is 12.7. The molecule has 0 spiro atoms. The summed E-state index contributed by atoms with van der Waals surface area (Å²) in [6.07, 6.45) is 1.52. The van der Waals surface area contributed by atoms with Gasteiger partial charge in [-0.2, -0.15) is 0 Å². The van der Waals surface area contributed by atoms with E-state index in [1.807, 2.05) is 0 Å². The molecule has 0 atom stereocenters. The molecular formula is C10H7FO2. The lowest BCUT2D eigenvalue weighted by atomic mass is 10.1. The van der Waals surface area contributed by atoms with Gasteiger partial charge in [0.05, 0.1) is 6.26 Å². The lowest BCUT2D eigenvalue weighted by molar-refractivity contribution is 0.432. The molecule has 0 saturated heterocycles. The molecule has 2 rings (SSSR count). The van der Waals surface area contributed by atoms with Gasteiger partial charge in [-0.05, 0) is 30.3 Å². The van der Waals surface area contributed by atoms with Gasteiger partial charge in [-0.3, -0.25) is 0 Å². The highest BCUT2D eigenvalue weighted by Gasteiger charge is 2.04. The largest absolute Gasteiger partial charge is 0.505 e. The number of halogens is 1. The Morgan fingerprint density at radius 1 is 1.23 bits per heavy atom. The first kappa shape index (κ1) is 7.86. The second-order valence-corrected chi connectivity index (χ2v) is 2.64. The van der Waals surface area contributed by atoms with Crippen LogP contribution in [0.3, 0.4) is 0 Å². The molecule has 0 unspecified atom stereocenters. The fourth-order valence-corrected chi connectivity index (χ4v) is 1.11. The smallest absolute Gasteiger partial charge is 0.164 e. The highest BCUT2D eigenvalue weighted by atomic mass is 19.1. The number of rotatable bonds is 1. The van der Waals surface area contributed by atoms with Crippen LogP contribution in [-0.2, 0) is 0 Å². The molecule has 0 aliphatic heterocycles. The van der Waals surface area contributed by atoms with Crippen molar-refractivity contribution < 1.29 is 13.9 Å². The van der Waals surface area contributed by atoms with Crippen molar-refractivity contribution in [2.75, 3.05) is 0 Å². The van der Waals surface area contributed by atoms with Crippen molar-refractivity contribution in [1.29, 1.82) is 0 Å². The average Bonchev–Trinajstić information content (AvgIpc) is 2.62. The zero-order valence-corrected chi connectivity index (χ0v) is 6.70. The molecule has 0 aliphatic rings. The molecule has 1 aromatic carbocycles. The maximum Gasteiger partial charge on any atom is 0.164 e. The van der Waals surface area contributed by atoms with Crippen LogP contribution < -0.4 is 0 Å². The fourth-order valence-electron chi connectivity index (χ4n) is 1.11. The molecule has 66 valence electrons. The highest BCUT2D eigenvalue weighted by Crippen LogP contribution is 2.25. The molecule has 13 heavy (non-hydrogen) atoms. The van der Waals surface area contributed by atoms with Crippen molar-refractivity contribution in [3.8, 4) is 17.1 Å². The minimum atomic E-state index is -0.629. The van der Waals surface area contributed by atoms with Crippen LogP contribution in [0, 0.1) is 5.82 Å². The van der Waals surface area contributed by atoms with Gasteiger partial charge in [0.2, 0.25) is 0 Å². The van der Waals surface area contributed by atoms with Crippen LogP contribution >= 0.6 is 0 Å². The Morgan fingerprint density at radius 2 is 2.08 bits per heavy atom. The molecular weight excluding hydrogens is 171 g/mol. The van der Waals surface area contributed by atoms with E-state index in [0.717, 1.165) is 0 Å². The first-order valence-electron chi connectivity index (χ1n) is 3.80. The van der Waals surface area contributed by atoms with Crippen LogP contribution in [0.4, 0.5) is 4.39 Å². The average molecular weight is 178 g/mol. The first-order chi connectivity index (χ1) is 6.27. The summed E-state index contributed by atoms with van der Waals surface area (Å²) in [6, 6.07) is 7.55. The summed E-state index contributed by atoms with van der Waals surface area (Å²) in [5.74, 6) is -0.389. The summed E-state index contributed by atoms with van der Waals surface area (Å²) in [4.78, 5) is 0. The lowest BCUT2D eigenvalue weighted by Crippen LogP contribution is -1.77. The van der Waals surface area contributed by atoms with Gasteiger partial charge in [0.25, 0.3) is 0 Å². The minimum Gasteiger partial charge on any atom is -0.505 e. The van der Waals surface area contributed by atoms with Crippen LogP contribution in [0.1, 0.15) is 0 Å². The van der Waals surface area contributed by atoms with Gasteiger partial charge in [-0.25, -0.2) is 4.39 Å². The standard InChI is InChI=1S/C10H7FO2/c11-8-4-3-7(6-9(8)12)10-2-1-5-13-10/h1-6,12H. The Bertz CT molecular complexity index is 407. The molecule has 0 fully saturated rings. The SMILES string of the molecule is Oc1cc(-c2ccco2)ccc1F. The summed E-state index contributed by atoms with van der Waals surface area (Å²) < 4.78 is 17.7. The van der Waals surface area contributed by atoms with E-state index < -0.39 is 5.82 Å². The minimum absolute atomic E-state index is 0.367. The zero-order valence-electron chi connectivity index (χ0n) is 6.70. The molecule has 0 bridgehead atoms. The van der Waals surface area contributed by atoms with Crippen LogP contribution in [0.5, 0.6) is 5.75 Å². The lowest BCUT2D eigenvalue weighted by Gasteiger charge is -1.98. The van der Waals surface area contributed by atoms with E-state index in [1.54, 1.807) is 18.2 Å². The van der Waals surface area contributed by atoms with Crippen LogP contribution in [0.2, 0.25) is 0 Å². The van der Waals surface area contributed by atoms with E-state index >= 15 is 0 Å². The number of hydrogen-bond donors (Lipinski definition) is 1.